The van der Waals surface area contributed by atoms with Crippen LogP contribution in [0.1, 0.15) is 6.92 Å². The lowest BCUT2D eigenvalue weighted by Gasteiger charge is -2.23. The second-order valence-electron chi connectivity index (χ2n) is 1.99. The smallest absolute Gasteiger partial charge is 0.323 e. The predicted octanol–water partition coefficient (Wildman–Crippen LogP) is 0.254. The van der Waals surface area contributed by atoms with Crippen molar-refractivity contribution >= 4 is 26.8 Å². The van der Waals surface area contributed by atoms with E-state index in [9.17, 15) is 9.13 Å². The molecule has 0 heterocycles. The highest BCUT2D eigenvalue weighted by molar-refractivity contribution is 7.75. The fourth-order valence-corrected chi connectivity index (χ4v) is 1.53. The van der Waals surface area contributed by atoms with Crippen molar-refractivity contribution < 1.29 is 28.7 Å². The van der Waals surface area contributed by atoms with Crippen LogP contribution in [0, 0.1) is 0 Å². The van der Waals surface area contributed by atoms with E-state index < -0.39 is 19.5 Å². The van der Waals surface area contributed by atoms with Gasteiger partial charge in [0.1, 0.15) is 0 Å². The van der Waals surface area contributed by atoms with Crippen molar-refractivity contribution in [2.75, 3.05) is 0 Å². The molecule has 0 aromatic carbocycles. The first-order chi connectivity index (χ1) is 4.50. The standard InChI is InChI=1S/C2H7ClO6P2/c1-2(3,10(4,5)6)11(7,8)9/h1H3,(H2,4,5,6)(H2,7,8,9). The van der Waals surface area contributed by atoms with Gasteiger partial charge in [-0.1, -0.05) is 11.6 Å². The molecule has 0 spiro atoms. The van der Waals surface area contributed by atoms with Gasteiger partial charge in [-0.3, -0.25) is 9.13 Å². The molecule has 6 nitrogen and oxygen atoms in total. The van der Waals surface area contributed by atoms with Gasteiger partial charge < -0.3 is 19.6 Å². The van der Waals surface area contributed by atoms with E-state index in [1.54, 1.807) is 0 Å². The van der Waals surface area contributed by atoms with Gasteiger partial charge in [0, 0.05) is 0 Å². The summed E-state index contributed by atoms with van der Waals surface area (Å²) in [5, 5.41) is 0. The van der Waals surface area contributed by atoms with Crippen molar-refractivity contribution in [3.8, 4) is 0 Å². The van der Waals surface area contributed by atoms with Gasteiger partial charge in [-0.2, -0.15) is 0 Å². The Morgan fingerprint density at radius 3 is 1.27 bits per heavy atom. The van der Waals surface area contributed by atoms with Crippen molar-refractivity contribution in [3.05, 3.63) is 0 Å². The van der Waals surface area contributed by atoms with E-state index in [1.807, 2.05) is 0 Å². The van der Waals surface area contributed by atoms with Crippen LogP contribution in [-0.4, -0.2) is 23.9 Å². The third-order valence-electron chi connectivity index (χ3n) is 1.06. The van der Waals surface area contributed by atoms with E-state index in [-0.39, 0.29) is 0 Å². The maximum Gasteiger partial charge on any atom is 0.358 e. The first kappa shape index (κ1) is 11.6. The number of hydrogen-bond donors (Lipinski definition) is 4. The van der Waals surface area contributed by atoms with Gasteiger partial charge in [0.05, 0.1) is 0 Å². The van der Waals surface area contributed by atoms with Gasteiger partial charge in [-0.05, 0) is 6.92 Å². The highest BCUT2D eigenvalue weighted by Gasteiger charge is 2.55. The minimum absolute atomic E-state index is 0.593. The SMILES string of the molecule is CC(Cl)(P(=O)(O)O)P(=O)(O)O. The lowest BCUT2D eigenvalue weighted by atomic mass is 10.9. The quantitative estimate of drug-likeness (QED) is 0.395. The fourth-order valence-electron chi connectivity index (χ4n) is 0.170. The predicted molar refractivity (Wildman–Crippen MR) is 38.3 cm³/mol. The molecular formula is C2H7ClO6P2. The van der Waals surface area contributed by atoms with Crippen LogP contribution in [-0.2, 0) is 9.13 Å². The van der Waals surface area contributed by atoms with Crippen LogP contribution in [0.25, 0.3) is 0 Å². The van der Waals surface area contributed by atoms with Crippen LogP contribution in [0.5, 0.6) is 0 Å². The third kappa shape index (κ3) is 2.26. The Labute approximate surface area is 67.5 Å². The molecule has 0 aliphatic carbocycles. The minimum atomic E-state index is -4.99. The molecule has 0 aromatic rings. The molecule has 0 aromatic heterocycles. The molecule has 68 valence electrons. The van der Waals surface area contributed by atoms with Crippen molar-refractivity contribution in [2.45, 2.75) is 11.3 Å². The Morgan fingerprint density at radius 2 is 1.27 bits per heavy atom. The molecule has 0 saturated carbocycles. The van der Waals surface area contributed by atoms with E-state index in [1.165, 1.54) is 0 Å². The van der Waals surface area contributed by atoms with E-state index in [0.717, 1.165) is 0 Å². The lowest BCUT2D eigenvalue weighted by molar-refractivity contribution is 0.334. The Morgan fingerprint density at radius 1 is 1.09 bits per heavy atom. The molecule has 9 heteroatoms. The fraction of sp³-hybridized carbons (Fsp3) is 1.00. The molecule has 0 atom stereocenters. The summed E-state index contributed by atoms with van der Waals surface area (Å²) in [6.45, 7) is 0.593. The Bertz CT molecular complexity index is 211. The molecule has 4 N–H and O–H groups in total. The summed E-state index contributed by atoms with van der Waals surface area (Å²) < 4.78 is 17.9. The van der Waals surface area contributed by atoms with Crippen molar-refractivity contribution in [2.24, 2.45) is 0 Å². The first-order valence-electron chi connectivity index (χ1n) is 2.30. The molecule has 0 aliphatic rings. The van der Waals surface area contributed by atoms with Gasteiger partial charge >= 0.3 is 15.2 Å². The summed E-state index contributed by atoms with van der Waals surface area (Å²) in [5.41, 5.74) is 0. The number of rotatable bonds is 2. The zero-order valence-electron chi connectivity index (χ0n) is 5.38. The molecule has 0 saturated heterocycles. The molecule has 0 aliphatic heterocycles. The van der Waals surface area contributed by atoms with Crippen LogP contribution >= 0.6 is 26.8 Å². The monoisotopic (exact) mass is 224 g/mol. The van der Waals surface area contributed by atoms with Crippen molar-refractivity contribution in [1.82, 2.24) is 0 Å². The molecule has 0 radical (unpaired) electrons. The highest BCUT2D eigenvalue weighted by atomic mass is 35.5. The third-order valence-corrected chi connectivity index (χ3v) is 6.07. The van der Waals surface area contributed by atoms with Gasteiger partial charge in [-0.25, -0.2) is 0 Å². The maximum atomic E-state index is 10.4. The summed E-state index contributed by atoms with van der Waals surface area (Å²) in [5.74, 6) is 0. The van der Waals surface area contributed by atoms with Crippen LogP contribution in [0.2, 0.25) is 0 Å². The second kappa shape index (κ2) is 2.82. The van der Waals surface area contributed by atoms with E-state index in [0.29, 0.717) is 6.92 Å². The maximum absolute atomic E-state index is 10.4. The average molecular weight is 224 g/mol. The Balaban J connectivity index is 5.08. The summed E-state index contributed by atoms with van der Waals surface area (Å²) in [6.07, 6.45) is 0. The lowest BCUT2D eigenvalue weighted by Crippen LogP contribution is -2.16. The van der Waals surface area contributed by atoms with Crippen LogP contribution < -0.4 is 0 Å². The second-order valence-corrected chi connectivity index (χ2v) is 7.59. The molecule has 0 amide bonds. The largest absolute Gasteiger partial charge is 0.358 e. The molecule has 11 heavy (non-hydrogen) atoms. The molecule has 0 bridgehead atoms. The van der Waals surface area contributed by atoms with Gasteiger partial charge in [-0.15, -0.1) is 0 Å². The molecule has 0 unspecified atom stereocenters. The topological polar surface area (TPSA) is 115 Å². The average Bonchev–Trinajstić information content (AvgIpc) is 1.58. The highest BCUT2D eigenvalue weighted by Crippen LogP contribution is 2.70. The number of alkyl halides is 1. The van der Waals surface area contributed by atoms with Gasteiger partial charge in [0.25, 0.3) is 0 Å². The molecule has 0 rings (SSSR count). The number of halogens is 1. The molecular weight excluding hydrogens is 217 g/mol. The van der Waals surface area contributed by atoms with Gasteiger partial charge in [0.15, 0.2) is 0 Å². The Kier molecular flexibility index (Phi) is 2.97. The summed E-state index contributed by atoms with van der Waals surface area (Å²) >= 11 is 4.96. The summed E-state index contributed by atoms with van der Waals surface area (Å²) in [6, 6.07) is 0. The molecule has 0 fully saturated rings. The van der Waals surface area contributed by atoms with E-state index in [4.69, 9.17) is 31.2 Å². The zero-order chi connectivity index (χ0) is 9.50. The summed E-state index contributed by atoms with van der Waals surface area (Å²) in [7, 11) is -9.98. The number of hydrogen-bond acceptors (Lipinski definition) is 2. The summed E-state index contributed by atoms with van der Waals surface area (Å²) in [4.78, 5) is 33.5. The first-order valence-corrected chi connectivity index (χ1v) is 5.90. The zero-order valence-corrected chi connectivity index (χ0v) is 7.92. The van der Waals surface area contributed by atoms with E-state index in [2.05, 4.69) is 0 Å². The van der Waals surface area contributed by atoms with E-state index >= 15 is 0 Å². The Hall–Kier alpha value is 0.590. The minimum Gasteiger partial charge on any atom is -0.323 e. The van der Waals surface area contributed by atoms with Crippen LogP contribution in [0.4, 0.5) is 0 Å². The normalized spacial score (nSPS) is 15.1. The van der Waals surface area contributed by atoms with Gasteiger partial charge in [0.2, 0.25) is 4.36 Å². The van der Waals surface area contributed by atoms with Crippen molar-refractivity contribution in [3.63, 3.8) is 0 Å². The van der Waals surface area contributed by atoms with Crippen molar-refractivity contribution in [1.29, 1.82) is 0 Å². The van der Waals surface area contributed by atoms with Crippen LogP contribution in [0.3, 0.4) is 0 Å². The van der Waals surface area contributed by atoms with Crippen LogP contribution in [0.15, 0.2) is 0 Å².